The van der Waals surface area contributed by atoms with Crippen molar-refractivity contribution >= 4 is 23.5 Å². The molecular formula is C23H26N2O5. The fourth-order valence-electron chi connectivity index (χ4n) is 3.31. The van der Waals surface area contributed by atoms with Crippen molar-refractivity contribution in [2.24, 2.45) is 5.92 Å². The zero-order valence-corrected chi connectivity index (χ0v) is 17.4. The fourth-order valence-corrected chi connectivity index (χ4v) is 3.31. The van der Waals surface area contributed by atoms with Crippen molar-refractivity contribution < 1.29 is 23.9 Å². The minimum absolute atomic E-state index is 0.0363. The molecule has 1 aliphatic rings. The summed E-state index contributed by atoms with van der Waals surface area (Å²) in [5, 5.41) is 2.76. The van der Waals surface area contributed by atoms with E-state index in [2.05, 4.69) is 5.32 Å². The minimum atomic E-state index is -0.946. The zero-order chi connectivity index (χ0) is 21.7. The van der Waals surface area contributed by atoms with Crippen molar-refractivity contribution in [2.45, 2.75) is 32.9 Å². The summed E-state index contributed by atoms with van der Waals surface area (Å²) in [6.07, 6.45) is -0.910. The molecule has 1 heterocycles. The van der Waals surface area contributed by atoms with Gasteiger partial charge in [-0.2, -0.15) is 0 Å². The highest BCUT2D eigenvalue weighted by Gasteiger charge is 2.38. The largest absolute Gasteiger partial charge is 0.495 e. The molecule has 7 nitrogen and oxygen atoms in total. The summed E-state index contributed by atoms with van der Waals surface area (Å²) < 4.78 is 10.6. The number of amides is 2. The van der Waals surface area contributed by atoms with Gasteiger partial charge in [0.2, 0.25) is 5.91 Å². The van der Waals surface area contributed by atoms with Crippen LogP contribution in [0.3, 0.4) is 0 Å². The second-order valence-corrected chi connectivity index (χ2v) is 7.36. The zero-order valence-electron chi connectivity index (χ0n) is 17.4. The average Bonchev–Trinajstić information content (AvgIpc) is 3.14. The summed E-state index contributed by atoms with van der Waals surface area (Å²) >= 11 is 0. The van der Waals surface area contributed by atoms with Crippen LogP contribution in [-0.4, -0.2) is 37.5 Å². The molecule has 0 spiro atoms. The van der Waals surface area contributed by atoms with Gasteiger partial charge in [0.1, 0.15) is 5.75 Å². The predicted molar refractivity (Wildman–Crippen MR) is 112 cm³/mol. The van der Waals surface area contributed by atoms with Crippen molar-refractivity contribution in [1.29, 1.82) is 0 Å². The van der Waals surface area contributed by atoms with E-state index in [1.807, 2.05) is 37.3 Å². The molecule has 1 fully saturated rings. The molecule has 2 aromatic carbocycles. The molecule has 0 radical (unpaired) electrons. The number of hydrogen-bond donors (Lipinski definition) is 1. The Morgan fingerprint density at radius 3 is 2.57 bits per heavy atom. The van der Waals surface area contributed by atoms with Crippen LogP contribution in [0.5, 0.6) is 5.75 Å². The van der Waals surface area contributed by atoms with Crippen molar-refractivity contribution in [3.63, 3.8) is 0 Å². The van der Waals surface area contributed by atoms with Crippen LogP contribution in [0.15, 0.2) is 48.5 Å². The van der Waals surface area contributed by atoms with Crippen LogP contribution in [0.25, 0.3) is 0 Å². The molecule has 30 heavy (non-hydrogen) atoms. The van der Waals surface area contributed by atoms with E-state index < -0.39 is 18.0 Å². The Labute approximate surface area is 176 Å². The minimum Gasteiger partial charge on any atom is -0.495 e. The van der Waals surface area contributed by atoms with Crippen LogP contribution in [0.1, 0.15) is 24.5 Å². The number of esters is 1. The first kappa shape index (κ1) is 21.4. The van der Waals surface area contributed by atoms with E-state index >= 15 is 0 Å². The van der Waals surface area contributed by atoms with Gasteiger partial charge in [0.15, 0.2) is 6.10 Å². The molecule has 0 bridgehead atoms. The topological polar surface area (TPSA) is 84.9 Å². The molecule has 0 aromatic heterocycles. The highest BCUT2D eigenvalue weighted by molar-refractivity contribution is 6.00. The number of carbonyl (C=O) groups is 3. The quantitative estimate of drug-likeness (QED) is 0.710. The van der Waals surface area contributed by atoms with Gasteiger partial charge >= 0.3 is 5.97 Å². The van der Waals surface area contributed by atoms with Gasteiger partial charge in [-0.15, -0.1) is 0 Å². The maximum absolute atomic E-state index is 12.5. The van der Waals surface area contributed by atoms with Crippen LogP contribution in [0.4, 0.5) is 5.69 Å². The van der Waals surface area contributed by atoms with Crippen molar-refractivity contribution in [1.82, 2.24) is 5.32 Å². The Balaban J connectivity index is 1.54. The number of ether oxygens (including phenoxy) is 2. The highest BCUT2D eigenvalue weighted by Crippen LogP contribution is 2.33. The monoisotopic (exact) mass is 410 g/mol. The van der Waals surface area contributed by atoms with E-state index in [-0.39, 0.29) is 24.8 Å². The molecule has 2 atom stereocenters. The van der Waals surface area contributed by atoms with E-state index in [0.29, 0.717) is 18.0 Å². The molecule has 7 heteroatoms. The normalized spacial score (nSPS) is 16.8. The van der Waals surface area contributed by atoms with E-state index in [1.54, 1.807) is 18.2 Å². The first-order chi connectivity index (χ1) is 14.4. The Bertz CT molecular complexity index is 925. The second-order valence-electron chi connectivity index (χ2n) is 7.36. The highest BCUT2D eigenvalue weighted by atomic mass is 16.5. The third kappa shape index (κ3) is 4.97. The van der Waals surface area contributed by atoms with E-state index in [9.17, 15) is 14.4 Å². The summed E-state index contributed by atoms with van der Waals surface area (Å²) in [4.78, 5) is 38.8. The summed E-state index contributed by atoms with van der Waals surface area (Å²) in [5.74, 6) is -1.19. The van der Waals surface area contributed by atoms with Crippen LogP contribution in [0, 0.1) is 12.8 Å². The Morgan fingerprint density at radius 2 is 1.87 bits per heavy atom. The predicted octanol–water partition coefficient (Wildman–Crippen LogP) is 2.60. The molecule has 1 N–H and O–H groups in total. The number of carbonyl (C=O) groups excluding carboxylic acids is 3. The van der Waals surface area contributed by atoms with Gasteiger partial charge in [-0.25, -0.2) is 0 Å². The molecule has 0 saturated carbocycles. The average molecular weight is 410 g/mol. The smallest absolute Gasteiger partial charge is 0.312 e. The molecule has 3 rings (SSSR count). The van der Waals surface area contributed by atoms with Crippen LogP contribution in [0.2, 0.25) is 0 Å². The Morgan fingerprint density at radius 1 is 1.17 bits per heavy atom. The lowest BCUT2D eigenvalue weighted by atomic mass is 10.1. The summed E-state index contributed by atoms with van der Waals surface area (Å²) in [6.45, 7) is 4.06. The molecule has 0 unspecified atom stereocenters. The van der Waals surface area contributed by atoms with Crippen molar-refractivity contribution in [3.8, 4) is 5.75 Å². The number of aryl methyl sites for hydroxylation is 1. The number of benzene rings is 2. The maximum Gasteiger partial charge on any atom is 0.312 e. The van der Waals surface area contributed by atoms with Crippen LogP contribution in [-0.2, 0) is 25.7 Å². The van der Waals surface area contributed by atoms with E-state index in [1.165, 1.54) is 18.9 Å². The molecule has 0 aliphatic carbocycles. The molecule has 1 saturated heterocycles. The third-order valence-electron chi connectivity index (χ3n) is 5.08. The maximum atomic E-state index is 12.5. The number of hydrogen-bond acceptors (Lipinski definition) is 5. The number of methoxy groups -OCH3 is 1. The molecule has 2 aromatic rings. The van der Waals surface area contributed by atoms with E-state index in [0.717, 1.165) is 11.1 Å². The number of nitrogens with zero attached hydrogens (tertiary/aromatic N) is 1. The lowest BCUT2D eigenvalue weighted by Gasteiger charge is -2.20. The molecule has 158 valence electrons. The first-order valence-corrected chi connectivity index (χ1v) is 9.86. The summed E-state index contributed by atoms with van der Waals surface area (Å²) in [5.41, 5.74) is 2.71. The SMILES string of the molecule is COc1ccccc1N1C[C@H](C(=O)O[C@H](C)C(=O)NCc2ccc(C)cc2)CC1=O. The fraction of sp³-hybridized carbons (Fsp3) is 0.348. The van der Waals surface area contributed by atoms with Gasteiger partial charge in [0, 0.05) is 19.5 Å². The number of rotatable bonds is 7. The van der Waals surface area contributed by atoms with Gasteiger partial charge in [0.05, 0.1) is 18.7 Å². The second kappa shape index (κ2) is 9.43. The van der Waals surface area contributed by atoms with Crippen molar-refractivity contribution in [3.05, 3.63) is 59.7 Å². The first-order valence-electron chi connectivity index (χ1n) is 9.86. The molecule has 1 aliphatic heterocycles. The standard InChI is InChI=1S/C23H26N2O5/c1-15-8-10-17(11-9-15)13-24-22(27)16(2)30-23(28)18-12-21(26)25(14-18)19-6-4-5-7-20(19)29-3/h4-11,16,18H,12-14H2,1-3H3,(H,24,27)/t16-,18-/m1/s1. The Hall–Kier alpha value is -3.35. The van der Waals surface area contributed by atoms with Crippen molar-refractivity contribution in [2.75, 3.05) is 18.6 Å². The lowest BCUT2D eigenvalue weighted by molar-refractivity contribution is -0.158. The summed E-state index contributed by atoms with van der Waals surface area (Å²) in [7, 11) is 1.53. The van der Waals surface area contributed by atoms with Gasteiger partial charge < -0.3 is 19.7 Å². The van der Waals surface area contributed by atoms with Gasteiger partial charge in [-0.1, -0.05) is 42.0 Å². The number of anilines is 1. The number of nitrogens with one attached hydrogen (secondary N) is 1. The Kier molecular flexibility index (Phi) is 6.72. The lowest BCUT2D eigenvalue weighted by Crippen LogP contribution is -2.37. The van der Waals surface area contributed by atoms with E-state index in [4.69, 9.17) is 9.47 Å². The van der Waals surface area contributed by atoms with Gasteiger partial charge in [0.25, 0.3) is 5.91 Å². The van der Waals surface area contributed by atoms with Gasteiger partial charge in [-0.05, 0) is 31.5 Å². The molecule has 2 amide bonds. The molecular weight excluding hydrogens is 384 g/mol. The van der Waals surface area contributed by atoms with Crippen LogP contribution < -0.4 is 15.0 Å². The third-order valence-corrected chi connectivity index (χ3v) is 5.08. The van der Waals surface area contributed by atoms with Gasteiger partial charge in [-0.3, -0.25) is 14.4 Å². The number of para-hydroxylation sites is 2. The summed E-state index contributed by atoms with van der Waals surface area (Å²) in [6, 6.07) is 14.9. The van der Waals surface area contributed by atoms with Crippen LogP contribution >= 0.6 is 0 Å².